The molecule has 4 nitrogen and oxygen atoms in total. The Morgan fingerprint density at radius 2 is 1.88 bits per heavy atom. The van der Waals surface area contributed by atoms with Crippen molar-refractivity contribution in [2.75, 3.05) is 19.6 Å². The Kier molecular flexibility index (Phi) is 5.71. The lowest BCUT2D eigenvalue weighted by Gasteiger charge is -2.35. The lowest BCUT2D eigenvalue weighted by Crippen LogP contribution is -2.41. The smallest absolute Gasteiger partial charge is 0.273 e. The van der Waals surface area contributed by atoms with Crippen LogP contribution >= 0.6 is 0 Å². The molecule has 1 amide bonds. The lowest BCUT2D eigenvalue weighted by molar-refractivity contribution is 0.0915. The summed E-state index contributed by atoms with van der Waals surface area (Å²) in [4.78, 5) is 18.1. The number of carbonyl (C=O) groups is 1. The zero-order valence-corrected chi connectivity index (χ0v) is 13.9. The number of pyridine rings is 1. The molecule has 2 heterocycles. The molecule has 132 valence electrons. The van der Waals surface area contributed by atoms with E-state index < -0.39 is 17.5 Å². The molecule has 3 rings (SSSR count). The summed E-state index contributed by atoms with van der Waals surface area (Å²) >= 11 is 0. The third-order valence-electron chi connectivity index (χ3n) is 4.49. The number of benzene rings is 1. The molecule has 0 saturated carbocycles. The minimum Gasteiger partial charge on any atom is -0.349 e. The molecular formula is C19H21F2N3O. The number of hydrogen-bond acceptors (Lipinski definition) is 3. The van der Waals surface area contributed by atoms with Crippen molar-refractivity contribution in [1.82, 2.24) is 15.2 Å². The summed E-state index contributed by atoms with van der Waals surface area (Å²) in [6.07, 6.45) is 4.32. The SMILES string of the molecule is O=C(NC[C@@H](c1ccccc1)N1CCCCC1)c1ncc(F)cc1F. The molecule has 0 unspecified atom stereocenters. The summed E-state index contributed by atoms with van der Waals surface area (Å²) in [5.41, 5.74) is 0.726. The highest BCUT2D eigenvalue weighted by Gasteiger charge is 2.23. The average molecular weight is 345 g/mol. The van der Waals surface area contributed by atoms with Crippen LogP contribution in [0.4, 0.5) is 8.78 Å². The number of likely N-dealkylation sites (tertiary alicyclic amines) is 1. The van der Waals surface area contributed by atoms with E-state index in [0.717, 1.165) is 37.7 Å². The molecule has 1 N–H and O–H groups in total. The molecule has 0 radical (unpaired) electrons. The van der Waals surface area contributed by atoms with Gasteiger partial charge >= 0.3 is 0 Å². The number of carbonyl (C=O) groups excluding carboxylic acids is 1. The van der Waals surface area contributed by atoms with Gasteiger partial charge in [-0.2, -0.15) is 0 Å². The van der Waals surface area contributed by atoms with Gasteiger partial charge in [-0.05, 0) is 31.5 Å². The second-order valence-electron chi connectivity index (χ2n) is 6.22. The van der Waals surface area contributed by atoms with Crippen molar-refractivity contribution in [2.24, 2.45) is 0 Å². The maximum Gasteiger partial charge on any atom is 0.273 e. The fraction of sp³-hybridized carbons (Fsp3) is 0.368. The molecule has 0 aliphatic carbocycles. The third kappa shape index (κ3) is 4.39. The Labute approximate surface area is 145 Å². The van der Waals surface area contributed by atoms with Crippen molar-refractivity contribution >= 4 is 5.91 Å². The first-order chi connectivity index (χ1) is 12.1. The van der Waals surface area contributed by atoms with Crippen molar-refractivity contribution in [1.29, 1.82) is 0 Å². The highest BCUT2D eigenvalue weighted by atomic mass is 19.1. The zero-order chi connectivity index (χ0) is 17.6. The number of amides is 1. The minimum absolute atomic E-state index is 0.0222. The molecular weight excluding hydrogens is 324 g/mol. The van der Waals surface area contributed by atoms with Crippen LogP contribution in [0.2, 0.25) is 0 Å². The average Bonchev–Trinajstić information content (AvgIpc) is 2.63. The van der Waals surface area contributed by atoms with Gasteiger partial charge < -0.3 is 5.32 Å². The first kappa shape index (κ1) is 17.5. The molecule has 0 bridgehead atoms. The second-order valence-corrected chi connectivity index (χ2v) is 6.22. The van der Waals surface area contributed by atoms with Crippen molar-refractivity contribution in [3.8, 4) is 0 Å². The zero-order valence-electron chi connectivity index (χ0n) is 13.9. The Balaban J connectivity index is 1.72. The topological polar surface area (TPSA) is 45.2 Å². The van der Waals surface area contributed by atoms with Gasteiger partial charge in [0.25, 0.3) is 5.91 Å². The van der Waals surface area contributed by atoms with E-state index in [1.165, 1.54) is 6.42 Å². The number of rotatable bonds is 5. The van der Waals surface area contributed by atoms with E-state index in [1.54, 1.807) is 0 Å². The normalized spacial score (nSPS) is 16.4. The second kappa shape index (κ2) is 8.16. The number of nitrogens with zero attached hydrogens (tertiary/aromatic N) is 2. The standard InChI is InChI=1S/C19H21F2N3O/c20-15-11-16(21)18(22-12-15)19(25)23-13-17(14-7-3-1-4-8-14)24-9-5-2-6-10-24/h1,3-4,7-8,11-12,17H,2,5-6,9-10,13H2,(H,23,25)/t17-/m0/s1. The largest absolute Gasteiger partial charge is 0.349 e. The summed E-state index contributed by atoms with van der Waals surface area (Å²) in [6.45, 7) is 2.29. The molecule has 1 aliphatic heterocycles. The Bertz CT molecular complexity index is 718. The number of piperidine rings is 1. The van der Waals surface area contributed by atoms with Crippen LogP contribution in [0.5, 0.6) is 0 Å². The van der Waals surface area contributed by atoms with Crippen LogP contribution in [0.25, 0.3) is 0 Å². The Morgan fingerprint density at radius 3 is 2.56 bits per heavy atom. The molecule has 1 aromatic heterocycles. The van der Waals surface area contributed by atoms with Crippen LogP contribution < -0.4 is 5.32 Å². The maximum absolute atomic E-state index is 13.7. The van der Waals surface area contributed by atoms with E-state index in [1.807, 2.05) is 30.3 Å². The summed E-state index contributed by atoms with van der Waals surface area (Å²) in [7, 11) is 0. The molecule has 2 aromatic rings. The molecule has 1 saturated heterocycles. The highest BCUT2D eigenvalue weighted by Crippen LogP contribution is 2.24. The van der Waals surface area contributed by atoms with Crippen LogP contribution in [0.15, 0.2) is 42.6 Å². The van der Waals surface area contributed by atoms with E-state index in [-0.39, 0.29) is 11.7 Å². The first-order valence-electron chi connectivity index (χ1n) is 8.53. The number of nitrogens with one attached hydrogen (secondary N) is 1. The van der Waals surface area contributed by atoms with E-state index in [4.69, 9.17) is 0 Å². The Morgan fingerprint density at radius 1 is 1.16 bits per heavy atom. The van der Waals surface area contributed by atoms with Crippen LogP contribution in [-0.4, -0.2) is 35.4 Å². The summed E-state index contributed by atoms with van der Waals surface area (Å²) in [6, 6.07) is 10.6. The molecule has 1 atom stereocenters. The van der Waals surface area contributed by atoms with Gasteiger partial charge in [0.2, 0.25) is 0 Å². The number of aromatic nitrogens is 1. The molecule has 1 aliphatic rings. The molecule has 25 heavy (non-hydrogen) atoms. The van der Waals surface area contributed by atoms with Crippen LogP contribution in [0.3, 0.4) is 0 Å². The van der Waals surface area contributed by atoms with E-state index in [9.17, 15) is 13.6 Å². The van der Waals surface area contributed by atoms with Gasteiger partial charge in [0.15, 0.2) is 11.5 Å². The predicted octanol–water partition coefficient (Wildman–Crippen LogP) is 3.32. The molecule has 1 fully saturated rings. The number of hydrogen-bond donors (Lipinski definition) is 1. The van der Waals surface area contributed by atoms with Crippen molar-refractivity contribution in [3.05, 3.63) is 65.5 Å². The minimum atomic E-state index is -0.952. The van der Waals surface area contributed by atoms with E-state index >= 15 is 0 Å². The predicted molar refractivity (Wildman–Crippen MR) is 91.1 cm³/mol. The van der Waals surface area contributed by atoms with Gasteiger partial charge in [0, 0.05) is 12.6 Å². The Hall–Kier alpha value is -2.34. The molecule has 1 aromatic carbocycles. The molecule has 0 spiro atoms. The third-order valence-corrected chi connectivity index (χ3v) is 4.49. The highest BCUT2D eigenvalue weighted by molar-refractivity contribution is 5.92. The van der Waals surface area contributed by atoms with E-state index in [2.05, 4.69) is 15.2 Å². The van der Waals surface area contributed by atoms with Crippen LogP contribution in [0, 0.1) is 11.6 Å². The number of halogens is 2. The van der Waals surface area contributed by atoms with Crippen molar-refractivity contribution in [3.63, 3.8) is 0 Å². The van der Waals surface area contributed by atoms with Gasteiger partial charge in [0.05, 0.1) is 12.2 Å². The van der Waals surface area contributed by atoms with Crippen molar-refractivity contribution < 1.29 is 13.6 Å². The maximum atomic E-state index is 13.7. The van der Waals surface area contributed by atoms with Gasteiger partial charge in [-0.15, -0.1) is 0 Å². The van der Waals surface area contributed by atoms with Crippen LogP contribution in [0.1, 0.15) is 41.4 Å². The summed E-state index contributed by atoms with van der Waals surface area (Å²) in [5, 5.41) is 2.75. The first-order valence-corrected chi connectivity index (χ1v) is 8.53. The lowest BCUT2D eigenvalue weighted by atomic mass is 10.0. The quantitative estimate of drug-likeness (QED) is 0.904. The van der Waals surface area contributed by atoms with E-state index in [0.29, 0.717) is 12.6 Å². The molecule has 6 heteroatoms. The van der Waals surface area contributed by atoms with Gasteiger partial charge in [-0.25, -0.2) is 13.8 Å². The fourth-order valence-corrected chi connectivity index (χ4v) is 3.22. The van der Waals surface area contributed by atoms with Gasteiger partial charge in [-0.1, -0.05) is 36.8 Å². The summed E-state index contributed by atoms with van der Waals surface area (Å²) in [5.74, 6) is -2.38. The van der Waals surface area contributed by atoms with Crippen molar-refractivity contribution in [2.45, 2.75) is 25.3 Å². The van der Waals surface area contributed by atoms with Crippen LogP contribution in [-0.2, 0) is 0 Å². The fourth-order valence-electron chi connectivity index (χ4n) is 3.22. The monoisotopic (exact) mass is 345 g/mol. The van der Waals surface area contributed by atoms with Gasteiger partial charge in [-0.3, -0.25) is 9.69 Å². The summed E-state index contributed by atoms with van der Waals surface area (Å²) < 4.78 is 26.7. The van der Waals surface area contributed by atoms with Gasteiger partial charge in [0.1, 0.15) is 5.82 Å².